The van der Waals surface area contributed by atoms with E-state index in [-0.39, 0.29) is 12.6 Å². The molecule has 0 bridgehead atoms. The van der Waals surface area contributed by atoms with E-state index in [0.29, 0.717) is 10.7 Å². The van der Waals surface area contributed by atoms with Gasteiger partial charge >= 0.3 is 0 Å². The van der Waals surface area contributed by atoms with Crippen LogP contribution in [0.25, 0.3) is 0 Å². The molecule has 0 aliphatic heterocycles. The minimum atomic E-state index is -1.40. The van der Waals surface area contributed by atoms with Gasteiger partial charge < -0.3 is 20.7 Å². The highest BCUT2D eigenvalue weighted by molar-refractivity contribution is 6.31. The number of hydrogen-bond acceptors (Lipinski definition) is 3. The van der Waals surface area contributed by atoms with E-state index in [4.69, 9.17) is 17.3 Å². The number of hydrogen-bond donors (Lipinski definition) is 3. The number of aliphatic hydroxyl groups is 1. The average molecular weight is 274 g/mol. The van der Waals surface area contributed by atoms with Crippen molar-refractivity contribution in [3.05, 3.63) is 23.0 Å². The number of nitrogens with two attached hydrogens (primary N) is 1. The molecule has 0 aliphatic carbocycles. The largest absolute Gasteiger partial charge is 0.381 e. The quantitative estimate of drug-likeness (QED) is 0.720. The molecule has 0 fully saturated rings. The maximum atomic E-state index is 11.9. The van der Waals surface area contributed by atoms with Crippen molar-refractivity contribution in [1.82, 2.24) is 9.88 Å². The van der Waals surface area contributed by atoms with E-state index in [0.717, 1.165) is 0 Å². The SMILES string of the molecule is CC(C)n1cc(Cl)cc1C(=O)NCC(O)C(N)=O. The summed E-state index contributed by atoms with van der Waals surface area (Å²) in [6.07, 6.45) is 0.248. The van der Waals surface area contributed by atoms with Gasteiger partial charge in [-0.05, 0) is 19.9 Å². The Balaban J connectivity index is 2.75. The van der Waals surface area contributed by atoms with Gasteiger partial charge in [-0.2, -0.15) is 0 Å². The molecule has 0 saturated heterocycles. The Morgan fingerprint density at radius 2 is 2.17 bits per heavy atom. The lowest BCUT2D eigenvalue weighted by molar-refractivity contribution is -0.125. The minimum Gasteiger partial charge on any atom is -0.381 e. The van der Waals surface area contributed by atoms with Crippen molar-refractivity contribution in [3.8, 4) is 0 Å². The number of amides is 2. The van der Waals surface area contributed by atoms with Crippen molar-refractivity contribution in [2.75, 3.05) is 6.54 Å². The molecular weight excluding hydrogens is 258 g/mol. The number of aromatic nitrogens is 1. The number of nitrogens with zero attached hydrogens (tertiary/aromatic N) is 1. The highest BCUT2D eigenvalue weighted by atomic mass is 35.5. The molecule has 1 atom stereocenters. The molecule has 1 aromatic rings. The fraction of sp³-hybridized carbons (Fsp3) is 0.455. The van der Waals surface area contributed by atoms with Crippen LogP contribution in [0.15, 0.2) is 12.3 Å². The lowest BCUT2D eigenvalue weighted by Crippen LogP contribution is -2.40. The van der Waals surface area contributed by atoms with E-state index in [9.17, 15) is 14.7 Å². The number of aliphatic hydroxyl groups excluding tert-OH is 1. The molecule has 0 saturated carbocycles. The van der Waals surface area contributed by atoms with Gasteiger partial charge in [-0.25, -0.2) is 0 Å². The normalized spacial score (nSPS) is 12.5. The monoisotopic (exact) mass is 273 g/mol. The number of primary amides is 1. The fourth-order valence-electron chi connectivity index (χ4n) is 1.44. The first-order valence-electron chi connectivity index (χ1n) is 5.46. The van der Waals surface area contributed by atoms with Crippen LogP contribution < -0.4 is 11.1 Å². The second-order valence-electron chi connectivity index (χ2n) is 4.17. The molecule has 4 N–H and O–H groups in total. The zero-order chi connectivity index (χ0) is 13.9. The lowest BCUT2D eigenvalue weighted by atomic mass is 10.3. The zero-order valence-corrected chi connectivity index (χ0v) is 10.9. The molecule has 1 aromatic heterocycles. The third kappa shape index (κ3) is 3.48. The van der Waals surface area contributed by atoms with Crippen LogP contribution in [0.2, 0.25) is 5.02 Å². The summed E-state index contributed by atoms with van der Waals surface area (Å²) in [5.74, 6) is -1.30. The van der Waals surface area contributed by atoms with Gasteiger partial charge in [0.25, 0.3) is 5.91 Å². The molecule has 7 heteroatoms. The summed E-state index contributed by atoms with van der Waals surface area (Å²) in [6, 6.07) is 1.59. The highest BCUT2D eigenvalue weighted by Gasteiger charge is 2.17. The smallest absolute Gasteiger partial charge is 0.268 e. The van der Waals surface area contributed by atoms with Crippen LogP contribution in [0.5, 0.6) is 0 Å². The van der Waals surface area contributed by atoms with Crippen LogP contribution in [-0.2, 0) is 4.79 Å². The Morgan fingerprint density at radius 3 is 2.67 bits per heavy atom. The molecule has 18 heavy (non-hydrogen) atoms. The van der Waals surface area contributed by atoms with Gasteiger partial charge in [0.05, 0.1) is 11.6 Å². The Morgan fingerprint density at radius 1 is 1.56 bits per heavy atom. The summed E-state index contributed by atoms with van der Waals surface area (Å²) >= 11 is 5.84. The molecule has 0 spiro atoms. The zero-order valence-electron chi connectivity index (χ0n) is 10.2. The van der Waals surface area contributed by atoms with Crippen LogP contribution in [0.3, 0.4) is 0 Å². The summed E-state index contributed by atoms with van der Waals surface area (Å²) in [6.45, 7) is 3.59. The van der Waals surface area contributed by atoms with E-state index < -0.39 is 17.9 Å². The first kappa shape index (κ1) is 14.5. The molecule has 0 aliphatic rings. The Bertz CT molecular complexity index is 456. The number of carbonyl (C=O) groups excluding carboxylic acids is 2. The minimum absolute atomic E-state index is 0.0688. The summed E-state index contributed by atoms with van der Waals surface area (Å²) < 4.78 is 1.70. The molecule has 1 unspecified atom stereocenters. The molecular formula is C11H16ClN3O3. The highest BCUT2D eigenvalue weighted by Crippen LogP contribution is 2.18. The second kappa shape index (κ2) is 5.88. The maximum Gasteiger partial charge on any atom is 0.268 e. The van der Waals surface area contributed by atoms with Crippen LogP contribution in [-0.4, -0.2) is 34.1 Å². The third-order valence-corrected chi connectivity index (χ3v) is 2.60. The fourth-order valence-corrected chi connectivity index (χ4v) is 1.64. The third-order valence-electron chi connectivity index (χ3n) is 2.39. The predicted molar refractivity (Wildman–Crippen MR) is 67.4 cm³/mol. The predicted octanol–water partition coefficient (Wildman–Crippen LogP) is 0.298. The molecule has 2 amide bonds. The first-order valence-corrected chi connectivity index (χ1v) is 5.83. The van der Waals surface area contributed by atoms with E-state index in [1.54, 1.807) is 10.8 Å². The van der Waals surface area contributed by atoms with E-state index in [1.807, 2.05) is 13.8 Å². The molecule has 1 rings (SSSR count). The Hall–Kier alpha value is -1.53. The Labute approximate surface area is 110 Å². The number of nitrogens with one attached hydrogen (secondary N) is 1. The van der Waals surface area contributed by atoms with Gasteiger partial charge in [0, 0.05) is 12.2 Å². The van der Waals surface area contributed by atoms with E-state index in [1.165, 1.54) is 6.07 Å². The number of halogens is 1. The first-order chi connectivity index (χ1) is 8.32. The average Bonchev–Trinajstić information content (AvgIpc) is 2.67. The van der Waals surface area contributed by atoms with Crippen molar-refractivity contribution in [2.45, 2.75) is 26.0 Å². The van der Waals surface area contributed by atoms with Gasteiger partial charge in [0.2, 0.25) is 5.91 Å². The summed E-state index contributed by atoms with van der Waals surface area (Å²) in [4.78, 5) is 22.5. The van der Waals surface area contributed by atoms with Crippen LogP contribution >= 0.6 is 11.6 Å². The van der Waals surface area contributed by atoms with Crippen LogP contribution in [0.1, 0.15) is 30.4 Å². The Kier molecular flexibility index (Phi) is 4.75. The second-order valence-corrected chi connectivity index (χ2v) is 4.61. The van der Waals surface area contributed by atoms with E-state index >= 15 is 0 Å². The van der Waals surface area contributed by atoms with Gasteiger partial charge in [-0.1, -0.05) is 11.6 Å². The van der Waals surface area contributed by atoms with Crippen LogP contribution in [0, 0.1) is 0 Å². The summed E-state index contributed by atoms with van der Waals surface area (Å²) in [5, 5.41) is 12.1. The van der Waals surface area contributed by atoms with Crippen molar-refractivity contribution >= 4 is 23.4 Å². The topological polar surface area (TPSA) is 97.3 Å². The summed E-state index contributed by atoms with van der Waals surface area (Å²) in [5.41, 5.74) is 5.24. The van der Waals surface area contributed by atoms with Gasteiger partial charge in [-0.3, -0.25) is 9.59 Å². The van der Waals surface area contributed by atoms with Gasteiger partial charge in [0.15, 0.2) is 0 Å². The number of rotatable bonds is 5. The molecule has 0 aromatic carbocycles. The van der Waals surface area contributed by atoms with Crippen molar-refractivity contribution in [1.29, 1.82) is 0 Å². The maximum absolute atomic E-state index is 11.9. The van der Waals surface area contributed by atoms with Crippen molar-refractivity contribution < 1.29 is 14.7 Å². The van der Waals surface area contributed by atoms with Crippen molar-refractivity contribution in [3.63, 3.8) is 0 Å². The molecule has 0 radical (unpaired) electrons. The molecule has 6 nitrogen and oxygen atoms in total. The standard InChI is InChI=1S/C11H16ClN3O3/c1-6(2)15-5-7(12)3-8(15)11(18)14-4-9(16)10(13)17/h3,5-6,9,16H,4H2,1-2H3,(H2,13,17)(H,14,18). The van der Waals surface area contributed by atoms with E-state index in [2.05, 4.69) is 5.32 Å². The summed E-state index contributed by atoms with van der Waals surface area (Å²) in [7, 11) is 0. The molecule has 100 valence electrons. The lowest BCUT2D eigenvalue weighted by Gasteiger charge is -2.13. The van der Waals surface area contributed by atoms with Gasteiger partial charge in [0.1, 0.15) is 11.8 Å². The number of carbonyl (C=O) groups is 2. The van der Waals surface area contributed by atoms with Crippen LogP contribution in [0.4, 0.5) is 0 Å². The van der Waals surface area contributed by atoms with Crippen molar-refractivity contribution in [2.24, 2.45) is 5.73 Å². The molecule has 1 heterocycles. The van der Waals surface area contributed by atoms with Gasteiger partial charge in [-0.15, -0.1) is 0 Å².